The third kappa shape index (κ3) is 2.77. The Morgan fingerprint density at radius 3 is 2.76 bits per heavy atom. The van der Waals surface area contributed by atoms with E-state index in [1.54, 1.807) is 0 Å². The number of anilines is 1. The maximum Gasteiger partial charge on any atom is 0.225 e. The van der Waals surface area contributed by atoms with Gasteiger partial charge in [0, 0.05) is 37.6 Å². The second kappa shape index (κ2) is 4.90. The molecule has 2 fully saturated rings. The maximum absolute atomic E-state index is 4.39. The van der Waals surface area contributed by atoms with Crippen LogP contribution in [0, 0.1) is 0 Å². The van der Waals surface area contributed by atoms with Crippen molar-refractivity contribution in [3.63, 3.8) is 0 Å². The molecule has 2 heterocycles. The summed E-state index contributed by atoms with van der Waals surface area (Å²) in [4.78, 5) is 11.1. The van der Waals surface area contributed by atoms with E-state index in [9.17, 15) is 0 Å². The van der Waals surface area contributed by atoms with E-state index in [2.05, 4.69) is 36.1 Å². The van der Waals surface area contributed by atoms with Crippen LogP contribution < -0.4 is 10.2 Å². The third-order valence-corrected chi connectivity index (χ3v) is 3.87. The normalized spacial score (nSPS) is 24.3. The van der Waals surface area contributed by atoms with Crippen molar-refractivity contribution in [2.75, 3.05) is 18.0 Å². The van der Waals surface area contributed by atoms with Crippen molar-refractivity contribution < 1.29 is 0 Å². The van der Waals surface area contributed by atoms with Gasteiger partial charge in [0.05, 0.1) is 4.47 Å². The quantitative estimate of drug-likeness (QED) is 0.922. The van der Waals surface area contributed by atoms with Crippen LogP contribution in [0.25, 0.3) is 0 Å². The van der Waals surface area contributed by atoms with Crippen molar-refractivity contribution >= 4 is 21.9 Å². The second-order valence-corrected chi connectivity index (χ2v) is 5.79. The van der Waals surface area contributed by atoms with E-state index in [1.165, 1.54) is 25.7 Å². The van der Waals surface area contributed by atoms with Crippen molar-refractivity contribution in [2.45, 2.75) is 37.8 Å². The Bertz CT molecular complexity index is 377. The summed E-state index contributed by atoms with van der Waals surface area (Å²) in [5.74, 6) is 0.869. The van der Waals surface area contributed by atoms with Gasteiger partial charge in [-0.15, -0.1) is 0 Å². The Kier molecular flexibility index (Phi) is 3.29. The van der Waals surface area contributed by atoms with Gasteiger partial charge in [0.1, 0.15) is 0 Å². The molecule has 0 bridgehead atoms. The van der Waals surface area contributed by atoms with Crippen LogP contribution >= 0.6 is 15.9 Å². The highest BCUT2D eigenvalue weighted by molar-refractivity contribution is 9.10. The van der Waals surface area contributed by atoms with E-state index in [1.807, 2.05) is 12.4 Å². The minimum atomic E-state index is 0.566. The summed E-state index contributed by atoms with van der Waals surface area (Å²) >= 11 is 3.37. The van der Waals surface area contributed by atoms with Gasteiger partial charge >= 0.3 is 0 Å². The first-order chi connectivity index (χ1) is 8.33. The number of rotatable bonds is 4. The molecule has 1 N–H and O–H groups in total. The van der Waals surface area contributed by atoms with Crippen LogP contribution in [0.3, 0.4) is 0 Å². The summed E-state index contributed by atoms with van der Waals surface area (Å²) in [5, 5.41) is 3.60. The van der Waals surface area contributed by atoms with Gasteiger partial charge in [-0.25, -0.2) is 9.97 Å². The first-order valence-corrected chi connectivity index (χ1v) is 7.10. The molecule has 0 aromatic carbocycles. The third-order valence-electron chi connectivity index (χ3n) is 3.46. The summed E-state index contributed by atoms with van der Waals surface area (Å²) in [7, 11) is 0. The highest BCUT2D eigenvalue weighted by Gasteiger charge is 2.29. The molecule has 17 heavy (non-hydrogen) atoms. The molecule has 4 nitrogen and oxygen atoms in total. The van der Waals surface area contributed by atoms with E-state index in [0.29, 0.717) is 6.04 Å². The highest BCUT2D eigenvalue weighted by Crippen LogP contribution is 2.24. The molecule has 5 heteroatoms. The van der Waals surface area contributed by atoms with Gasteiger partial charge in [-0.2, -0.15) is 0 Å². The van der Waals surface area contributed by atoms with Crippen LogP contribution in [-0.2, 0) is 0 Å². The zero-order valence-corrected chi connectivity index (χ0v) is 11.4. The molecule has 1 aliphatic heterocycles. The lowest BCUT2D eigenvalue weighted by Gasteiger charge is -2.24. The van der Waals surface area contributed by atoms with E-state index in [-0.39, 0.29) is 0 Å². The molecule has 0 radical (unpaired) electrons. The lowest BCUT2D eigenvalue weighted by molar-refractivity contribution is 0.565. The minimum Gasteiger partial charge on any atom is -0.337 e. The smallest absolute Gasteiger partial charge is 0.225 e. The van der Waals surface area contributed by atoms with Gasteiger partial charge in [-0.3, -0.25) is 0 Å². The summed E-state index contributed by atoms with van der Waals surface area (Å²) in [6, 6.07) is 1.35. The van der Waals surface area contributed by atoms with Crippen molar-refractivity contribution in [3.8, 4) is 0 Å². The maximum atomic E-state index is 4.39. The van der Waals surface area contributed by atoms with Crippen molar-refractivity contribution in [2.24, 2.45) is 0 Å². The Morgan fingerprint density at radius 1 is 1.29 bits per heavy atom. The minimum absolute atomic E-state index is 0.566. The molecular weight excluding hydrogens is 280 g/mol. The molecule has 0 spiro atoms. The number of hydrogen-bond acceptors (Lipinski definition) is 4. The van der Waals surface area contributed by atoms with Crippen LogP contribution in [0.5, 0.6) is 0 Å². The van der Waals surface area contributed by atoms with Crippen LogP contribution in [0.1, 0.15) is 25.7 Å². The summed E-state index contributed by atoms with van der Waals surface area (Å²) in [6.45, 7) is 2.16. The topological polar surface area (TPSA) is 41.1 Å². The molecule has 3 rings (SSSR count). The van der Waals surface area contributed by atoms with E-state index in [4.69, 9.17) is 0 Å². The molecule has 1 saturated heterocycles. The van der Waals surface area contributed by atoms with Crippen LogP contribution in [0.4, 0.5) is 5.95 Å². The molecule has 1 aromatic heterocycles. The van der Waals surface area contributed by atoms with Crippen LogP contribution in [0.15, 0.2) is 16.9 Å². The Balaban J connectivity index is 1.65. The monoisotopic (exact) mass is 296 g/mol. The fraction of sp³-hybridized carbons (Fsp3) is 0.667. The average molecular weight is 297 g/mol. The summed E-state index contributed by atoms with van der Waals surface area (Å²) in [5.41, 5.74) is 0. The van der Waals surface area contributed by atoms with Gasteiger partial charge in [0.2, 0.25) is 5.95 Å². The molecule has 2 aliphatic rings. The molecule has 92 valence electrons. The fourth-order valence-electron chi connectivity index (χ4n) is 2.36. The zero-order valence-electron chi connectivity index (χ0n) is 9.77. The molecule has 0 amide bonds. The summed E-state index contributed by atoms with van der Waals surface area (Å²) in [6.07, 6.45) is 8.84. The lowest BCUT2D eigenvalue weighted by Crippen LogP contribution is -2.39. The van der Waals surface area contributed by atoms with Crippen LogP contribution in [-0.4, -0.2) is 35.1 Å². The van der Waals surface area contributed by atoms with E-state index >= 15 is 0 Å². The molecule has 1 aliphatic carbocycles. The molecular formula is C12H17BrN4. The van der Waals surface area contributed by atoms with Gasteiger partial charge in [0.15, 0.2) is 0 Å². The Labute approximate surface area is 110 Å². The predicted octanol–water partition coefficient (Wildman–Crippen LogP) is 1.96. The van der Waals surface area contributed by atoms with Gasteiger partial charge < -0.3 is 10.2 Å². The fourth-order valence-corrected chi connectivity index (χ4v) is 2.56. The highest BCUT2D eigenvalue weighted by atomic mass is 79.9. The predicted molar refractivity (Wildman–Crippen MR) is 71.1 cm³/mol. The van der Waals surface area contributed by atoms with Crippen molar-refractivity contribution in [1.29, 1.82) is 0 Å². The first-order valence-electron chi connectivity index (χ1n) is 6.30. The molecule has 1 unspecified atom stereocenters. The lowest BCUT2D eigenvalue weighted by atomic mass is 10.2. The zero-order chi connectivity index (χ0) is 11.7. The number of halogens is 1. The number of aromatic nitrogens is 2. The molecule has 1 saturated carbocycles. The van der Waals surface area contributed by atoms with Gasteiger partial charge in [-0.1, -0.05) is 0 Å². The van der Waals surface area contributed by atoms with E-state index in [0.717, 1.165) is 29.6 Å². The van der Waals surface area contributed by atoms with E-state index < -0.39 is 0 Å². The average Bonchev–Trinajstić information content (AvgIpc) is 3.06. The van der Waals surface area contributed by atoms with Gasteiger partial charge in [-0.05, 0) is 41.6 Å². The Hall–Kier alpha value is -0.680. The number of hydrogen-bond donors (Lipinski definition) is 1. The first kappa shape index (κ1) is 11.4. The molecule has 1 atom stereocenters. The number of nitrogens with zero attached hydrogens (tertiary/aromatic N) is 3. The SMILES string of the molecule is Brc1cnc(N2CCCC2CNC2CC2)nc1. The molecule has 1 aromatic rings. The second-order valence-electron chi connectivity index (χ2n) is 4.87. The van der Waals surface area contributed by atoms with Crippen molar-refractivity contribution in [1.82, 2.24) is 15.3 Å². The van der Waals surface area contributed by atoms with Crippen molar-refractivity contribution in [3.05, 3.63) is 16.9 Å². The Morgan fingerprint density at radius 2 is 2.06 bits per heavy atom. The van der Waals surface area contributed by atoms with Crippen LogP contribution in [0.2, 0.25) is 0 Å². The standard InChI is InChI=1S/C12H17BrN4/c13-9-6-15-12(16-7-9)17-5-1-2-11(17)8-14-10-3-4-10/h6-7,10-11,14H,1-5,8H2. The van der Waals surface area contributed by atoms with Gasteiger partial charge in [0.25, 0.3) is 0 Å². The summed E-state index contributed by atoms with van der Waals surface area (Å²) < 4.78 is 0.938. The number of nitrogens with one attached hydrogen (secondary N) is 1. The largest absolute Gasteiger partial charge is 0.337 e.